The highest BCUT2D eigenvalue weighted by molar-refractivity contribution is 7.47. The predicted octanol–water partition coefficient (Wildman–Crippen LogP) is 22.4. The summed E-state index contributed by atoms with van der Waals surface area (Å²) in [6, 6.07) is 0. The van der Waals surface area contributed by atoms with Crippen LogP contribution in [0.1, 0.15) is 349 Å². The molecule has 98 heavy (non-hydrogen) atoms. The first-order valence-electron chi connectivity index (χ1n) is 39.2. The smallest absolute Gasteiger partial charge is 0.462 e. The summed E-state index contributed by atoms with van der Waals surface area (Å²) in [5.74, 6) is -2.20. The lowest BCUT2D eigenvalue weighted by molar-refractivity contribution is -0.161. The van der Waals surface area contributed by atoms with E-state index in [-0.39, 0.29) is 25.7 Å². The van der Waals surface area contributed by atoms with Gasteiger partial charge in [-0.25, -0.2) is 9.13 Å². The van der Waals surface area contributed by atoms with E-state index in [1.54, 1.807) is 0 Å². The first-order chi connectivity index (χ1) is 47.7. The lowest BCUT2D eigenvalue weighted by atomic mass is 10.1. The molecule has 0 aliphatic carbocycles. The number of hydrogen-bond donors (Lipinski definition) is 3. The number of phosphoric ester groups is 2. The Hall–Kier alpha value is -3.50. The molecule has 570 valence electrons. The molecule has 19 heteroatoms. The van der Waals surface area contributed by atoms with Crippen molar-refractivity contribution in [3.63, 3.8) is 0 Å². The van der Waals surface area contributed by atoms with E-state index in [4.69, 9.17) is 37.0 Å². The fraction of sp³-hybridized carbons (Fsp3) is 0.797. The number of hydrogen-bond acceptors (Lipinski definition) is 15. The van der Waals surface area contributed by atoms with Crippen molar-refractivity contribution in [1.29, 1.82) is 0 Å². The van der Waals surface area contributed by atoms with Crippen molar-refractivity contribution in [2.45, 2.75) is 367 Å². The van der Waals surface area contributed by atoms with Crippen molar-refractivity contribution in [2.24, 2.45) is 0 Å². The maximum Gasteiger partial charge on any atom is 0.472 e. The number of aliphatic hydroxyl groups is 1. The summed E-state index contributed by atoms with van der Waals surface area (Å²) in [5.41, 5.74) is 0. The summed E-state index contributed by atoms with van der Waals surface area (Å²) >= 11 is 0. The first kappa shape index (κ1) is 94.5. The minimum atomic E-state index is -4.98. The molecule has 0 aromatic rings. The fourth-order valence-electron chi connectivity index (χ4n) is 10.6. The highest BCUT2D eigenvalue weighted by Gasteiger charge is 2.30. The predicted molar refractivity (Wildman–Crippen MR) is 400 cm³/mol. The van der Waals surface area contributed by atoms with Gasteiger partial charge in [0, 0.05) is 25.7 Å². The van der Waals surface area contributed by atoms with Crippen LogP contribution in [0.3, 0.4) is 0 Å². The Labute approximate surface area is 596 Å². The summed E-state index contributed by atoms with van der Waals surface area (Å²) in [4.78, 5) is 72.9. The maximum atomic E-state index is 13.1. The van der Waals surface area contributed by atoms with Gasteiger partial charge in [0.25, 0.3) is 0 Å². The zero-order chi connectivity index (χ0) is 71.8. The molecule has 0 radical (unpaired) electrons. The molecule has 17 nitrogen and oxygen atoms in total. The number of phosphoric acid groups is 2. The molecule has 0 amide bonds. The van der Waals surface area contributed by atoms with Crippen LogP contribution in [0.4, 0.5) is 0 Å². The Kier molecular flexibility index (Phi) is 69.3. The Morgan fingerprint density at radius 2 is 0.500 bits per heavy atom. The minimum Gasteiger partial charge on any atom is -0.462 e. The Morgan fingerprint density at radius 1 is 0.286 bits per heavy atom. The lowest BCUT2D eigenvalue weighted by Crippen LogP contribution is -2.30. The van der Waals surface area contributed by atoms with Gasteiger partial charge in [-0.15, -0.1) is 0 Å². The molecule has 0 aromatic heterocycles. The minimum absolute atomic E-state index is 0.0778. The molecule has 0 aliphatic rings. The van der Waals surface area contributed by atoms with Gasteiger partial charge in [-0.3, -0.25) is 37.3 Å². The number of carbonyl (C=O) groups is 4. The molecule has 0 saturated carbocycles. The summed E-state index contributed by atoms with van der Waals surface area (Å²) in [7, 11) is -9.95. The van der Waals surface area contributed by atoms with Crippen molar-refractivity contribution < 1.29 is 80.2 Å². The van der Waals surface area contributed by atoms with Crippen LogP contribution in [-0.2, 0) is 65.4 Å². The third-order valence-electron chi connectivity index (χ3n) is 16.6. The highest BCUT2D eigenvalue weighted by Crippen LogP contribution is 2.45. The van der Waals surface area contributed by atoms with Crippen molar-refractivity contribution in [1.82, 2.24) is 0 Å². The number of unbranched alkanes of at least 4 members (excludes halogenated alkanes) is 36. The number of ether oxygens (including phenoxy) is 4. The van der Waals surface area contributed by atoms with Gasteiger partial charge in [-0.1, -0.05) is 255 Å². The molecule has 0 saturated heterocycles. The van der Waals surface area contributed by atoms with Crippen LogP contribution in [0.25, 0.3) is 0 Å². The molecule has 5 atom stereocenters. The standard InChI is InChI=1S/C79H142O17P2/c1-5-9-13-17-21-25-29-33-36-40-43-47-51-55-59-63-76(81)89-69-74(95-78(83)65-61-57-53-49-45-39-32-28-24-20-16-12-8-4)71-93-97(85,86)91-67-73(80)68-92-98(87,88)94-72-75(96-79(84)66-62-58-54-50-46-42-38-35-31-27-23-19-15-11-7-3)70-90-77(82)64-60-56-52-48-44-41-37-34-30-26-22-18-14-10-6-2/h22-23,26-28,32-38,73-75,80H,5-21,24-25,29-31,39-72H2,1-4H3,(H,85,86)(H,87,88)/b26-22-,27-23-,32-28-,36-33-,37-34-,38-35-/t73-,74+,75+/m0/s1. The summed E-state index contributed by atoms with van der Waals surface area (Å²) < 4.78 is 68.5. The van der Waals surface area contributed by atoms with Crippen LogP contribution < -0.4 is 0 Å². The van der Waals surface area contributed by atoms with E-state index in [1.807, 2.05) is 0 Å². The zero-order valence-corrected chi connectivity index (χ0v) is 64.0. The molecule has 0 aromatic carbocycles. The summed E-state index contributed by atoms with van der Waals surface area (Å²) in [6.07, 6.45) is 71.6. The van der Waals surface area contributed by atoms with Gasteiger partial charge in [-0.05, 0) is 141 Å². The average molecular weight is 1430 g/mol. The van der Waals surface area contributed by atoms with Gasteiger partial charge < -0.3 is 33.8 Å². The number of allylic oxidation sites excluding steroid dienone is 12. The van der Waals surface area contributed by atoms with Crippen LogP contribution in [0.15, 0.2) is 72.9 Å². The van der Waals surface area contributed by atoms with E-state index in [9.17, 15) is 43.2 Å². The molecule has 3 N–H and O–H groups in total. The van der Waals surface area contributed by atoms with Crippen molar-refractivity contribution >= 4 is 39.5 Å². The van der Waals surface area contributed by atoms with E-state index in [0.717, 1.165) is 167 Å². The topological polar surface area (TPSA) is 237 Å². The molecular formula is C79H142O17P2. The van der Waals surface area contributed by atoms with E-state index in [2.05, 4.69) is 101 Å². The maximum absolute atomic E-state index is 13.1. The first-order valence-corrected chi connectivity index (χ1v) is 42.2. The van der Waals surface area contributed by atoms with Gasteiger partial charge in [0.1, 0.15) is 19.3 Å². The Balaban J connectivity index is 5.36. The van der Waals surface area contributed by atoms with Crippen LogP contribution >= 0.6 is 15.6 Å². The Bertz CT molecular complexity index is 2140. The van der Waals surface area contributed by atoms with Crippen LogP contribution in [-0.4, -0.2) is 96.7 Å². The number of carbonyl (C=O) groups excluding carboxylic acids is 4. The fourth-order valence-corrected chi connectivity index (χ4v) is 12.1. The monoisotopic (exact) mass is 1420 g/mol. The average Bonchev–Trinajstić information content (AvgIpc) is 1.04. The number of aliphatic hydroxyl groups excluding tert-OH is 1. The largest absolute Gasteiger partial charge is 0.472 e. The van der Waals surface area contributed by atoms with E-state index >= 15 is 0 Å². The van der Waals surface area contributed by atoms with E-state index < -0.39 is 97.5 Å². The van der Waals surface area contributed by atoms with Gasteiger partial charge in [0.05, 0.1) is 26.4 Å². The third-order valence-corrected chi connectivity index (χ3v) is 18.5. The van der Waals surface area contributed by atoms with Crippen LogP contribution in [0.5, 0.6) is 0 Å². The van der Waals surface area contributed by atoms with Gasteiger partial charge in [0.15, 0.2) is 12.2 Å². The van der Waals surface area contributed by atoms with Gasteiger partial charge >= 0.3 is 39.5 Å². The highest BCUT2D eigenvalue weighted by atomic mass is 31.2. The molecule has 0 fully saturated rings. The molecular weight excluding hydrogens is 1280 g/mol. The molecule has 0 rings (SSSR count). The van der Waals surface area contributed by atoms with E-state index in [0.29, 0.717) is 25.7 Å². The molecule has 0 aliphatic heterocycles. The summed E-state index contributed by atoms with van der Waals surface area (Å²) in [6.45, 7) is 4.80. The van der Waals surface area contributed by atoms with Crippen LogP contribution in [0, 0.1) is 0 Å². The second-order valence-corrected chi connectivity index (χ2v) is 29.2. The summed E-state index contributed by atoms with van der Waals surface area (Å²) in [5, 5.41) is 10.6. The quantitative estimate of drug-likeness (QED) is 0.0169. The normalized spacial score (nSPS) is 14.3. The lowest BCUT2D eigenvalue weighted by Gasteiger charge is -2.21. The van der Waals surface area contributed by atoms with Gasteiger partial charge in [0.2, 0.25) is 0 Å². The van der Waals surface area contributed by atoms with Crippen molar-refractivity contribution in [3.8, 4) is 0 Å². The van der Waals surface area contributed by atoms with E-state index in [1.165, 1.54) is 103 Å². The SMILES string of the molecule is CCCCC/C=C\C/C=C\CCCCCCCC(=O)OC[C@H](COP(=O)(O)OC[C@@H](O)COP(=O)(O)OC[C@@H](COC(=O)CCCCCCC/C=C\CCCCCCCC)OC(=O)CCCCCCC/C=C\CCCCCC)OC(=O)CCCCCCC/C=C\C/C=C\CCCCC. The molecule has 0 heterocycles. The molecule has 0 spiro atoms. The second kappa shape index (κ2) is 71.9. The molecule has 2 unspecified atom stereocenters. The number of esters is 4. The molecule has 0 bridgehead atoms. The van der Waals surface area contributed by atoms with Crippen molar-refractivity contribution in [2.75, 3.05) is 39.6 Å². The second-order valence-electron chi connectivity index (χ2n) is 26.3. The van der Waals surface area contributed by atoms with Gasteiger partial charge in [-0.2, -0.15) is 0 Å². The number of rotatable bonds is 74. The van der Waals surface area contributed by atoms with Crippen LogP contribution in [0.2, 0.25) is 0 Å². The Morgan fingerprint density at radius 3 is 0.796 bits per heavy atom. The van der Waals surface area contributed by atoms with Crippen molar-refractivity contribution in [3.05, 3.63) is 72.9 Å². The third kappa shape index (κ3) is 70.9. The zero-order valence-electron chi connectivity index (χ0n) is 62.2.